The number of thiophene rings is 2. The normalized spacial score (nSPS) is 15.7. The number of allylic oxidation sites excluding steroid dienone is 2. The zero-order valence-corrected chi connectivity index (χ0v) is 30.8. The van der Waals surface area contributed by atoms with Gasteiger partial charge < -0.3 is 0 Å². The van der Waals surface area contributed by atoms with Crippen LogP contribution in [0.25, 0.3) is 54.2 Å². The van der Waals surface area contributed by atoms with Crippen molar-refractivity contribution in [2.24, 2.45) is 0 Å². The average molecular weight is 769 g/mol. The first kappa shape index (κ1) is 34.9. The third-order valence-electron chi connectivity index (χ3n) is 10.2. The fraction of sp³-hybridized carbons (Fsp3) is 0.106. The van der Waals surface area contributed by atoms with Crippen LogP contribution in [0.5, 0.6) is 0 Å². The van der Waals surface area contributed by atoms with E-state index in [1.165, 1.54) is 26.0 Å². The van der Waals surface area contributed by atoms with Gasteiger partial charge in [-0.1, -0.05) is 121 Å². The first-order chi connectivity index (χ1) is 26.4. The maximum absolute atomic E-state index is 16.0. The Morgan fingerprint density at radius 3 is 1.05 bits per heavy atom. The van der Waals surface area contributed by atoms with Gasteiger partial charge in [0.25, 0.3) is 0 Å². The number of benzene rings is 6. The van der Waals surface area contributed by atoms with E-state index in [0.29, 0.717) is 11.1 Å². The highest BCUT2D eigenvalue weighted by Crippen LogP contribution is 2.65. The third-order valence-corrected chi connectivity index (χ3v) is 12.1. The van der Waals surface area contributed by atoms with Crippen LogP contribution in [0.2, 0.25) is 0 Å². The topological polar surface area (TPSA) is 0 Å². The van der Waals surface area contributed by atoms with Crippen molar-refractivity contribution in [2.75, 3.05) is 0 Å². The van der Waals surface area contributed by atoms with Gasteiger partial charge in [-0.25, -0.2) is 0 Å². The van der Waals surface area contributed by atoms with E-state index in [4.69, 9.17) is 0 Å². The molecule has 0 spiro atoms. The van der Waals surface area contributed by atoms with Crippen LogP contribution in [-0.2, 0) is 0 Å². The van der Waals surface area contributed by atoms with Crippen LogP contribution in [0.3, 0.4) is 0 Å². The van der Waals surface area contributed by atoms with Crippen molar-refractivity contribution in [1.29, 1.82) is 0 Å². The lowest BCUT2D eigenvalue weighted by Gasteiger charge is -2.25. The van der Waals surface area contributed by atoms with E-state index >= 15 is 26.3 Å². The summed E-state index contributed by atoms with van der Waals surface area (Å²) in [6, 6.07) is 37.4. The molecule has 0 nitrogen and oxygen atoms in total. The van der Waals surface area contributed by atoms with Crippen LogP contribution < -0.4 is 0 Å². The molecule has 0 fully saturated rings. The number of halogens is 6. The number of fused-ring (bicyclic) bond motifs is 4. The number of aryl methyl sites for hydroxylation is 2. The predicted octanol–water partition coefficient (Wildman–Crippen LogP) is 13.7. The summed E-state index contributed by atoms with van der Waals surface area (Å²) in [6.45, 7) is 2.92. The summed E-state index contributed by atoms with van der Waals surface area (Å²) < 4.78 is 94.6. The summed E-state index contributed by atoms with van der Waals surface area (Å²) in [5.41, 5.74) is -2.11. The Labute approximate surface area is 320 Å². The highest BCUT2D eigenvalue weighted by Gasteiger charge is 2.80. The molecular formula is C47H26F6S2. The maximum atomic E-state index is 16.0. The molecule has 0 bridgehead atoms. The highest BCUT2D eigenvalue weighted by atomic mass is 32.1. The molecule has 0 aliphatic heterocycles. The van der Waals surface area contributed by atoms with E-state index in [-0.39, 0.29) is 30.6 Å². The molecule has 1 aliphatic rings. The molecule has 2 heterocycles. The fourth-order valence-corrected chi connectivity index (χ4v) is 9.32. The molecule has 0 unspecified atom stereocenters. The van der Waals surface area contributed by atoms with Gasteiger partial charge in [0.15, 0.2) is 0 Å². The van der Waals surface area contributed by atoms with Crippen molar-refractivity contribution in [3.8, 4) is 23.7 Å². The average Bonchev–Trinajstić information content (AvgIpc) is 3.76. The predicted molar refractivity (Wildman–Crippen MR) is 215 cm³/mol. The number of rotatable bonds is 2. The first-order valence-corrected chi connectivity index (χ1v) is 19.0. The Morgan fingerprint density at radius 1 is 0.418 bits per heavy atom. The largest absolute Gasteiger partial charge is 0.380 e. The minimum absolute atomic E-state index is 0.170. The summed E-state index contributed by atoms with van der Waals surface area (Å²) in [5, 5.41) is 7.36. The standard InChI is InChI=1S/C47H26F6S2/c1-27-41(25-33(54-27)19-21-39-35-15-7-3-11-29(35)23-30-12-4-8-16-36(30)39)43-44(46(50,51)47(52,53)45(43,48)49)42-26-34(55-28(42)2)20-22-40-37-17-9-5-13-31(37)24-32-14-6-10-18-38(32)40/h3-18,23-26H,1-2H3. The van der Waals surface area contributed by atoms with Crippen molar-refractivity contribution in [2.45, 2.75) is 31.6 Å². The van der Waals surface area contributed by atoms with E-state index in [0.717, 1.165) is 65.8 Å². The minimum atomic E-state index is -5.69. The Kier molecular flexibility index (Phi) is 8.02. The van der Waals surface area contributed by atoms with Gasteiger partial charge >= 0.3 is 17.8 Å². The van der Waals surface area contributed by atoms with Gasteiger partial charge in [-0.05, 0) is 92.3 Å². The van der Waals surface area contributed by atoms with Gasteiger partial charge in [-0.15, -0.1) is 22.7 Å². The zero-order valence-electron chi connectivity index (χ0n) is 29.1. The summed E-state index contributed by atoms with van der Waals surface area (Å²) in [5.74, 6) is -3.62. The van der Waals surface area contributed by atoms with Crippen LogP contribution in [0.15, 0.2) is 121 Å². The lowest BCUT2D eigenvalue weighted by atomic mass is 9.95. The second-order valence-corrected chi connectivity index (χ2v) is 16.0. The van der Waals surface area contributed by atoms with Gasteiger partial charge in [-0.2, -0.15) is 26.3 Å². The molecule has 0 amide bonds. The maximum Gasteiger partial charge on any atom is 0.380 e. The Bertz CT molecular complexity index is 2750. The SMILES string of the molecule is Cc1sc(C#Cc2c3ccccc3cc3ccccc23)cc1C1=C(c2cc(C#Cc3c4ccccc4cc4ccccc34)sc2C)C(F)(F)C(F)(F)C1(F)F. The molecule has 0 saturated carbocycles. The van der Waals surface area contributed by atoms with E-state index < -0.39 is 28.9 Å². The highest BCUT2D eigenvalue weighted by molar-refractivity contribution is 7.13. The fourth-order valence-electron chi connectivity index (χ4n) is 7.56. The van der Waals surface area contributed by atoms with Gasteiger partial charge in [0, 0.05) is 32.0 Å². The monoisotopic (exact) mass is 768 g/mol. The Balaban J connectivity index is 1.19. The number of alkyl halides is 6. The third kappa shape index (κ3) is 5.39. The second kappa shape index (κ2) is 12.6. The van der Waals surface area contributed by atoms with Crippen molar-refractivity contribution in [3.05, 3.63) is 163 Å². The van der Waals surface area contributed by atoms with E-state index in [9.17, 15) is 0 Å². The number of hydrogen-bond acceptors (Lipinski definition) is 2. The number of hydrogen-bond donors (Lipinski definition) is 0. The lowest BCUT2D eigenvalue weighted by Crippen LogP contribution is -2.48. The van der Waals surface area contributed by atoms with Crippen LogP contribution in [0.1, 0.15) is 41.8 Å². The lowest BCUT2D eigenvalue weighted by molar-refractivity contribution is -0.254. The van der Waals surface area contributed by atoms with Gasteiger partial charge in [0.1, 0.15) is 0 Å². The molecular weight excluding hydrogens is 743 g/mol. The van der Waals surface area contributed by atoms with Crippen molar-refractivity contribution in [1.82, 2.24) is 0 Å². The van der Waals surface area contributed by atoms with Crippen LogP contribution in [-0.4, -0.2) is 17.8 Å². The van der Waals surface area contributed by atoms with Gasteiger partial charge in [0.05, 0.1) is 9.75 Å². The smallest absolute Gasteiger partial charge is 0.194 e. The molecule has 55 heavy (non-hydrogen) atoms. The molecule has 0 saturated heterocycles. The molecule has 8 aromatic rings. The van der Waals surface area contributed by atoms with Crippen molar-refractivity contribution >= 4 is 76.9 Å². The second-order valence-electron chi connectivity index (χ2n) is 13.5. The van der Waals surface area contributed by atoms with Crippen LogP contribution in [0.4, 0.5) is 26.3 Å². The molecule has 1 aliphatic carbocycles. The van der Waals surface area contributed by atoms with Gasteiger partial charge in [-0.3, -0.25) is 0 Å². The molecule has 9 rings (SSSR count). The molecule has 8 heteroatoms. The summed E-state index contributed by atoms with van der Waals surface area (Å²) >= 11 is 1.99. The van der Waals surface area contributed by atoms with E-state index in [1.807, 2.05) is 97.1 Å². The molecule has 6 aromatic carbocycles. The Morgan fingerprint density at radius 2 is 0.727 bits per heavy atom. The molecule has 268 valence electrons. The van der Waals surface area contributed by atoms with E-state index in [2.05, 4.69) is 35.8 Å². The first-order valence-electron chi connectivity index (χ1n) is 17.3. The van der Waals surface area contributed by atoms with Gasteiger partial charge in [0.2, 0.25) is 0 Å². The zero-order chi connectivity index (χ0) is 38.3. The molecule has 0 radical (unpaired) electrons. The minimum Gasteiger partial charge on any atom is -0.194 e. The Hall–Kier alpha value is -5.80. The molecule has 0 N–H and O–H groups in total. The molecule has 0 atom stereocenters. The quantitative estimate of drug-likeness (QED) is 0.0933. The summed E-state index contributed by atoms with van der Waals surface area (Å²) in [4.78, 5) is 0.898. The summed E-state index contributed by atoms with van der Waals surface area (Å²) in [7, 11) is 0. The van der Waals surface area contributed by atoms with Crippen molar-refractivity contribution in [3.63, 3.8) is 0 Å². The van der Waals surface area contributed by atoms with Crippen LogP contribution >= 0.6 is 22.7 Å². The van der Waals surface area contributed by atoms with Crippen LogP contribution in [0, 0.1) is 37.5 Å². The van der Waals surface area contributed by atoms with E-state index in [1.54, 1.807) is 0 Å². The molecule has 2 aromatic heterocycles. The van der Waals surface area contributed by atoms with Crippen molar-refractivity contribution < 1.29 is 26.3 Å². The summed E-state index contributed by atoms with van der Waals surface area (Å²) in [6.07, 6.45) is 0.